The van der Waals surface area contributed by atoms with Crippen molar-refractivity contribution in [3.8, 4) is 0 Å². The molecule has 0 aromatic heterocycles. The maximum absolute atomic E-state index is 13.6. The smallest absolute Gasteiger partial charge is 0.369 e. The summed E-state index contributed by atoms with van der Waals surface area (Å²) < 4.78 is 19.0. The van der Waals surface area contributed by atoms with Gasteiger partial charge in [-0.3, -0.25) is 14.5 Å². The van der Waals surface area contributed by atoms with Crippen molar-refractivity contribution in [1.29, 1.82) is 0 Å². The average molecular weight is 425 g/mol. The molecule has 2 N–H and O–H groups in total. The fourth-order valence-corrected chi connectivity index (χ4v) is 5.12. The van der Waals surface area contributed by atoms with Gasteiger partial charge in [0.2, 0.25) is 17.4 Å². The van der Waals surface area contributed by atoms with Gasteiger partial charge in [0.1, 0.15) is 23.7 Å². The number of nitrogens with two attached hydrogens (primary N) is 1. The molecule has 7 heteroatoms. The first-order valence-corrected chi connectivity index (χ1v) is 10.6. The van der Waals surface area contributed by atoms with Gasteiger partial charge in [0.15, 0.2) is 0 Å². The van der Waals surface area contributed by atoms with Crippen LogP contribution in [0.4, 0.5) is 4.39 Å². The monoisotopic (exact) mass is 425 g/mol. The molecule has 31 heavy (non-hydrogen) atoms. The van der Waals surface area contributed by atoms with Gasteiger partial charge in [-0.05, 0) is 31.5 Å². The number of esters is 1. The Bertz CT molecular complexity index is 994. The molecule has 2 aliphatic heterocycles. The number of amides is 2. The van der Waals surface area contributed by atoms with Gasteiger partial charge in [-0.15, -0.1) is 0 Å². The SMILES string of the molecule is CCOC(=O)[C@]1(Cc2ccccc2)[NH2+][C@@H](c2ccc(F)cc2)[C@H]2C(=O)N(CC)C(=O)[C@@H]21. The minimum atomic E-state index is -1.28. The molecule has 0 saturated carbocycles. The molecule has 6 nitrogen and oxygen atoms in total. The molecule has 0 spiro atoms. The second-order valence-electron chi connectivity index (χ2n) is 8.09. The van der Waals surface area contributed by atoms with E-state index >= 15 is 0 Å². The van der Waals surface area contributed by atoms with Crippen LogP contribution in [-0.4, -0.2) is 41.4 Å². The van der Waals surface area contributed by atoms with Crippen molar-refractivity contribution in [1.82, 2.24) is 4.90 Å². The molecule has 0 bridgehead atoms. The minimum Gasteiger partial charge on any atom is -0.461 e. The van der Waals surface area contributed by atoms with Gasteiger partial charge >= 0.3 is 5.97 Å². The van der Waals surface area contributed by atoms with Crippen molar-refractivity contribution in [3.05, 3.63) is 71.5 Å². The van der Waals surface area contributed by atoms with E-state index in [0.29, 0.717) is 5.56 Å². The van der Waals surface area contributed by atoms with E-state index in [2.05, 4.69) is 0 Å². The van der Waals surface area contributed by atoms with Crippen LogP contribution in [0, 0.1) is 17.7 Å². The number of benzene rings is 2. The van der Waals surface area contributed by atoms with Gasteiger partial charge in [-0.1, -0.05) is 42.5 Å². The zero-order valence-corrected chi connectivity index (χ0v) is 17.6. The van der Waals surface area contributed by atoms with E-state index in [-0.39, 0.29) is 37.2 Å². The number of nitrogens with zero attached hydrogens (tertiary/aromatic N) is 1. The lowest BCUT2D eigenvalue weighted by Crippen LogP contribution is -2.98. The summed E-state index contributed by atoms with van der Waals surface area (Å²) in [4.78, 5) is 41.3. The Balaban J connectivity index is 1.86. The van der Waals surface area contributed by atoms with Crippen molar-refractivity contribution in [2.45, 2.75) is 31.8 Å². The third-order valence-electron chi connectivity index (χ3n) is 6.43. The third kappa shape index (κ3) is 3.43. The van der Waals surface area contributed by atoms with E-state index in [9.17, 15) is 18.8 Å². The lowest BCUT2D eigenvalue weighted by molar-refractivity contribution is -0.734. The number of fused-ring (bicyclic) bond motifs is 1. The molecule has 0 radical (unpaired) electrons. The Morgan fingerprint density at radius 1 is 1.06 bits per heavy atom. The maximum atomic E-state index is 13.6. The summed E-state index contributed by atoms with van der Waals surface area (Å²) in [6.45, 7) is 3.88. The van der Waals surface area contributed by atoms with Gasteiger partial charge in [-0.2, -0.15) is 0 Å². The molecule has 162 valence electrons. The molecule has 2 fully saturated rings. The van der Waals surface area contributed by atoms with Gasteiger partial charge in [0.05, 0.1) is 6.61 Å². The highest BCUT2D eigenvalue weighted by Gasteiger charge is 2.72. The summed E-state index contributed by atoms with van der Waals surface area (Å²) >= 11 is 0. The molecule has 2 aliphatic rings. The number of quaternary nitrogens is 1. The van der Waals surface area contributed by atoms with Crippen LogP contribution in [0.25, 0.3) is 0 Å². The van der Waals surface area contributed by atoms with Gasteiger partial charge in [-0.25, -0.2) is 9.18 Å². The van der Waals surface area contributed by atoms with Crippen LogP contribution in [0.1, 0.15) is 31.0 Å². The Kier molecular flexibility index (Phi) is 5.62. The maximum Gasteiger partial charge on any atom is 0.369 e. The Morgan fingerprint density at radius 3 is 2.35 bits per heavy atom. The van der Waals surface area contributed by atoms with Crippen molar-refractivity contribution in [3.63, 3.8) is 0 Å². The normalized spacial score (nSPS) is 27.5. The van der Waals surface area contributed by atoms with E-state index in [1.54, 1.807) is 26.0 Å². The number of imide groups is 1. The number of hydrogen-bond acceptors (Lipinski definition) is 4. The summed E-state index contributed by atoms with van der Waals surface area (Å²) in [6.07, 6.45) is 0.252. The predicted octanol–water partition coefficient (Wildman–Crippen LogP) is 1.61. The molecule has 0 unspecified atom stereocenters. The number of rotatable bonds is 6. The van der Waals surface area contributed by atoms with Crippen molar-refractivity contribution in [2.75, 3.05) is 13.2 Å². The first kappa shape index (κ1) is 21.2. The fraction of sp³-hybridized carbons (Fsp3) is 0.375. The molecule has 2 heterocycles. The summed E-state index contributed by atoms with van der Waals surface area (Å²) in [7, 11) is 0. The van der Waals surface area contributed by atoms with Crippen LogP contribution in [0.3, 0.4) is 0 Å². The van der Waals surface area contributed by atoms with Gasteiger partial charge in [0, 0.05) is 18.5 Å². The average Bonchev–Trinajstić information content (AvgIpc) is 3.24. The highest BCUT2D eigenvalue weighted by molar-refractivity contribution is 6.08. The van der Waals surface area contributed by atoms with Crippen LogP contribution in [0.5, 0.6) is 0 Å². The molecule has 4 rings (SSSR count). The summed E-state index contributed by atoms with van der Waals surface area (Å²) in [6, 6.07) is 14.8. The van der Waals surface area contributed by atoms with E-state index in [0.717, 1.165) is 5.56 Å². The van der Waals surface area contributed by atoms with Crippen molar-refractivity contribution < 1.29 is 28.8 Å². The van der Waals surface area contributed by atoms with E-state index in [4.69, 9.17) is 4.74 Å². The Morgan fingerprint density at radius 2 is 1.74 bits per heavy atom. The van der Waals surface area contributed by atoms with Crippen LogP contribution in [-0.2, 0) is 25.5 Å². The Hall–Kier alpha value is -3.06. The van der Waals surface area contributed by atoms with Crippen LogP contribution in [0.15, 0.2) is 54.6 Å². The second-order valence-corrected chi connectivity index (χ2v) is 8.09. The topological polar surface area (TPSA) is 80.3 Å². The molecule has 2 amide bonds. The fourth-order valence-electron chi connectivity index (χ4n) is 5.12. The van der Waals surface area contributed by atoms with E-state index in [1.807, 2.05) is 35.6 Å². The first-order valence-electron chi connectivity index (χ1n) is 10.6. The highest BCUT2D eigenvalue weighted by Crippen LogP contribution is 2.45. The number of likely N-dealkylation sites (tertiary alicyclic amines) is 1. The van der Waals surface area contributed by atoms with E-state index < -0.39 is 29.4 Å². The van der Waals surface area contributed by atoms with Crippen molar-refractivity contribution in [2.24, 2.45) is 11.8 Å². The molecular weight excluding hydrogens is 399 g/mol. The minimum absolute atomic E-state index is 0.168. The zero-order chi connectivity index (χ0) is 22.2. The molecule has 4 atom stereocenters. The standard InChI is InChI=1S/C24H25FN2O4/c1-3-27-21(28)18-19(22(27)29)24(23(30)31-4-2,14-15-8-6-5-7-9-15)26-20(18)16-10-12-17(25)13-11-16/h5-13,18-20,26H,3-4,14H2,1-2H3/p+1/t18-,19+,20-,24+/m0/s1. The molecule has 2 aromatic carbocycles. The quantitative estimate of drug-likeness (QED) is 0.563. The number of carbonyl (C=O) groups excluding carboxylic acids is 3. The van der Waals surface area contributed by atoms with Crippen LogP contribution >= 0.6 is 0 Å². The van der Waals surface area contributed by atoms with Crippen molar-refractivity contribution >= 4 is 17.8 Å². The number of ether oxygens (including phenoxy) is 1. The number of hydrogen-bond donors (Lipinski definition) is 1. The van der Waals surface area contributed by atoms with E-state index in [1.165, 1.54) is 17.0 Å². The lowest BCUT2D eigenvalue weighted by atomic mass is 9.76. The highest BCUT2D eigenvalue weighted by atomic mass is 19.1. The Labute approximate surface area is 180 Å². The second kappa shape index (κ2) is 8.23. The zero-order valence-electron chi connectivity index (χ0n) is 17.6. The molecule has 0 aliphatic carbocycles. The molecule has 2 aromatic rings. The third-order valence-corrected chi connectivity index (χ3v) is 6.43. The van der Waals surface area contributed by atoms with Crippen LogP contribution in [0.2, 0.25) is 0 Å². The van der Waals surface area contributed by atoms with Gasteiger partial charge < -0.3 is 10.1 Å². The summed E-state index contributed by atoms with van der Waals surface area (Å²) in [5.74, 6) is -3.09. The number of carbonyl (C=O) groups is 3. The van der Waals surface area contributed by atoms with Gasteiger partial charge in [0.25, 0.3) is 0 Å². The lowest BCUT2D eigenvalue weighted by Gasteiger charge is -2.29. The van der Waals surface area contributed by atoms with Crippen LogP contribution < -0.4 is 5.32 Å². The molecule has 2 saturated heterocycles. The first-order chi connectivity index (χ1) is 14.9. The number of halogens is 1. The largest absolute Gasteiger partial charge is 0.461 e. The predicted molar refractivity (Wildman–Crippen MR) is 110 cm³/mol. The summed E-state index contributed by atoms with van der Waals surface area (Å²) in [5.41, 5.74) is 0.299. The molecular formula is C24H26FN2O4+. The summed E-state index contributed by atoms with van der Waals surface area (Å²) in [5, 5.41) is 1.81.